The van der Waals surface area contributed by atoms with E-state index in [9.17, 15) is 4.79 Å². The molecule has 132 valence electrons. The van der Waals surface area contributed by atoms with Crippen LogP contribution in [0, 0.1) is 5.41 Å². The van der Waals surface area contributed by atoms with E-state index in [2.05, 4.69) is 29.2 Å². The van der Waals surface area contributed by atoms with Gasteiger partial charge < -0.3 is 14.5 Å². The quantitative estimate of drug-likeness (QED) is 0.721. The average Bonchev–Trinajstić information content (AvgIpc) is 2.87. The van der Waals surface area contributed by atoms with E-state index >= 15 is 0 Å². The second-order valence-electron chi connectivity index (χ2n) is 7.51. The van der Waals surface area contributed by atoms with Gasteiger partial charge in [0, 0.05) is 26.6 Å². The van der Waals surface area contributed by atoms with Crippen molar-refractivity contribution in [1.82, 2.24) is 9.80 Å². The highest BCUT2D eigenvalue weighted by Crippen LogP contribution is 2.40. The molecule has 2 saturated heterocycles. The molecule has 2 aliphatic rings. The predicted octanol–water partition coefficient (Wildman–Crippen LogP) is 2.93. The lowest BCUT2D eigenvalue weighted by Crippen LogP contribution is -2.41. The zero-order chi connectivity index (χ0) is 16.8. The minimum Gasteiger partial charge on any atom is -0.377 e. The van der Waals surface area contributed by atoms with Gasteiger partial charge in [-0.2, -0.15) is 0 Å². The Balaban J connectivity index is 1.26. The van der Waals surface area contributed by atoms with Crippen molar-refractivity contribution >= 4 is 5.91 Å². The Morgan fingerprint density at radius 3 is 2.54 bits per heavy atom. The van der Waals surface area contributed by atoms with Crippen molar-refractivity contribution in [3.63, 3.8) is 0 Å². The minimum atomic E-state index is 0.279. The molecule has 0 aromatic heterocycles. The summed E-state index contributed by atoms with van der Waals surface area (Å²) in [5.74, 6) is 0.332. The molecule has 0 unspecified atom stereocenters. The lowest BCUT2D eigenvalue weighted by Gasteiger charge is -2.38. The molecule has 1 aromatic carbocycles. The zero-order valence-electron chi connectivity index (χ0n) is 14.9. The third-order valence-electron chi connectivity index (χ3n) is 5.57. The van der Waals surface area contributed by atoms with Crippen LogP contribution in [-0.2, 0) is 16.1 Å². The summed E-state index contributed by atoms with van der Waals surface area (Å²) in [6, 6.07) is 10.4. The molecule has 4 nitrogen and oxygen atoms in total. The molecular formula is C20H30N2O2. The smallest absolute Gasteiger partial charge is 0.222 e. The van der Waals surface area contributed by atoms with Crippen LogP contribution in [0.25, 0.3) is 0 Å². The fourth-order valence-corrected chi connectivity index (χ4v) is 3.99. The molecule has 1 aromatic rings. The van der Waals surface area contributed by atoms with E-state index in [1.165, 1.54) is 24.8 Å². The first-order chi connectivity index (χ1) is 11.7. The van der Waals surface area contributed by atoms with Crippen LogP contribution in [0.2, 0.25) is 0 Å². The van der Waals surface area contributed by atoms with Crippen LogP contribution < -0.4 is 0 Å². The lowest BCUT2D eigenvalue weighted by molar-refractivity contribution is -0.126. The van der Waals surface area contributed by atoms with Crippen LogP contribution >= 0.6 is 0 Å². The largest absolute Gasteiger partial charge is 0.377 e. The van der Waals surface area contributed by atoms with Gasteiger partial charge in [-0.1, -0.05) is 30.3 Å². The zero-order valence-corrected chi connectivity index (χ0v) is 14.9. The van der Waals surface area contributed by atoms with E-state index in [1.54, 1.807) is 0 Å². The topological polar surface area (TPSA) is 32.8 Å². The van der Waals surface area contributed by atoms with Gasteiger partial charge in [-0.15, -0.1) is 0 Å². The number of piperidine rings is 1. The van der Waals surface area contributed by atoms with Gasteiger partial charge in [0.25, 0.3) is 0 Å². The summed E-state index contributed by atoms with van der Waals surface area (Å²) in [6.45, 7) is 5.97. The molecule has 2 aliphatic heterocycles. The predicted molar refractivity (Wildman–Crippen MR) is 95.7 cm³/mol. The van der Waals surface area contributed by atoms with Crippen LogP contribution in [-0.4, -0.2) is 55.5 Å². The molecule has 0 saturated carbocycles. The van der Waals surface area contributed by atoms with E-state index in [1.807, 2.05) is 18.0 Å². The number of benzene rings is 1. The first kappa shape index (κ1) is 17.4. The third-order valence-corrected chi connectivity index (χ3v) is 5.57. The first-order valence-electron chi connectivity index (χ1n) is 9.25. The number of amides is 1. The van der Waals surface area contributed by atoms with Gasteiger partial charge in [0.15, 0.2) is 0 Å². The highest BCUT2D eigenvalue weighted by atomic mass is 16.5. The monoisotopic (exact) mass is 330 g/mol. The van der Waals surface area contributed by atoms with Crippen LogP contribution in [0.1, 0.15) is 37.7 Å². The Hall–Kier alpha value is -1.39. The van der Waals surface area contributed by atoms with E-state index in [0.717, 1.165) is 45.6 Å². The molecular weight excluding hydrogens is 300 g/mol. The summed E-state index contributed by atoms with van der Waals surface area (Å²) in [5.41, 5.74) is 1.52. The summed E-state index contributed by atoms with van der Waals surface area (Å²) in [6.07, 6.45) is 5.43. The molecule has 0 radical (unpaired) electrons. The third kappa shape index (κ3) is 4.58. The molecule has 3 rings (SSSR count). The van der Waals surface area contributed by atoms with Crippen molar-refractivity contribution in [2.45, 2.75) is 38.7 Å². The minimum absolute atomic E-state index is 0.279. The van der Waals surface area contributed by atoms with Crippen molar-refractivity contribution in [2.24, 2.45) is 5.41 Å². The van der Waals surface area contributed by atoms with Crippen LogP contribution in [0.5, 0.6) is 0 Å². The molecule has 0 N–H and O–H groups in total. The molecule has 0 bridgehead atoms. The van der Waals surface area contributed by atoms with Crippen molar-refractivity contribution in [3.8, 4) is 0 Å². The first-order valence-corrected chi connectivity index (χ1v) is 9.25. The lowest BCUT2D eigenvalue weighted by atomic mass is 9.77. The van der Waals surface area contributed by atoms with Crippen molar-refractivity contribution in [2.75, 3.05) is 39.8 Å². The van der Waals surface area contributed by atoms with E-state index in [4.69, 9.17) is 4.74 Å². The number of carbonyl (C=O) groups excluding carboxylic acids is 1. The maximum absolute atomic E-state index is 11.8. The molecule has 24 heavy (non-hydrogen) atoms. The van der Waals surface area contributed by atoms with Crippen LogP contribution in [0.4, 0.5) is 0 Å². The standard InChI is InChI=1S/C20H30N2O2/c1-21-17-20(15-19(21)23)9-12-22(13-10-20)11-5-6-14-24-16-18-7-3-2-4-8-18/h2-4,7-8H,5-6,9-17H2,1H3. The molecule has 4 heteroatoms. The fraction of sp³-hybridized carbons (Fsp3) is 0.650. The molecule has 1 amide bonds. The second kappa shape index (κ2) is 8.13. The Kier molecular flexibility index (Phi) is 5.90. The summed E-state index contributed by atoms with van der Waals surface area (Å²) in [4.78, 5) is 16.3. The highest BCUT2D eigenvalue weighted by molar-refractivity contribution is 5.79. The van der Waals surface area contributed by atoms with E-state index in [0.29, 0.717) is 12.5 Å². The van der Waals surface area contributed by atoms with E-state index in [-0.39, 0.29) is 5.41 Å². The average molecular weight is 330 g/mol. The van der Waals surface area contributed by atoms with Crippen molar-refractivity contribution in [1.29, 1.82) is 0 Å². The number of rotatable bonds is 7. The Morgan fingerprint density at radius 1 is 1.12 bits per heavy atom. The number of carbonyl (C=O) groups is 1. The van der Waals surface area contributed by atoms with Crippen molar-refractivity contribution in [3.05, 3.63) is 35.9 Å². The Labute approximate surface area is 145 Å². The second-order valence-corrected chi connectivity index (χ2v) is 7.51. The molecule has 0 aliphatic carbocycles. The van der Waals surface area contributed by atoms with Crippen molar-refractivity contribution < 1.29 is 9.53 Å². The Morgan fingerprint density at radius 2 is 1.88 bits per heavy atom. The van der Waals surface area contributed by atoms with Gasteiger partial charge in [0.1, 0.15) is 0 Å². The SMILES string of the molecule is CN1CC2(CCN(CCCCOCc3ccccc3)CC2)CC1=O. The van der Waals surface area contributed by atoms with E-state index < -0.39 is 0 Å². The van der Waals surface area contributed by atoms with Crippen LogP contribution in [0.3, 0.4) is 0 Å². The Bertz CT molecular complexity index is 524. The summed E-state index contributed by atoms with van der Waals surface area (Å²) < 4.78 is 5.75. The van der Waals surface area contributed by atoms with Gasteiger partial charge in [-0.05, 0) is 56.3 Å². The molecule has 1 spiro atoms. The number of hydrogen-bond donors (Lipinski definition) is 0. The summed E-state index contributed by atoms with van der Waals surface area (Å²) in [7, 11) is 1.94. The highest BCUT2D eigenvalue weighted by Gasteiger charge is 2.43. The van der Waals surface area contributed by atoms with Gasteiger partial charge in [-0.25, -0.2) is 0 Å². The number of hydrogen-bond acceptors (Lipinski definition) is 3. The van der Waals surface area contributed by atoms with Gasteiger partial charge in [0.05, 0.1) is 6.61 Å². The van der Waals surface area contributed by atoms with Gasteiger partial charge >= 0.3 is 0 Å². The summed E-state index contributed by atoms with van der Waals surface area (Å²) in [5, 5.41) is 0. The maximum atomic E-state index is 11.8. The van der Waals surface area contributed by atoms with Gasteiger partial charge in [-0.3, -0.25) is 4.79 Å². The summed E-state index contributed by atoms with van der Waals surface area (Å²) >= 11 is 0. The van der Waals surface area contributed by atoms with Crippen LogP contribution in [0.15, 0.2) is 30.3 Å². The number of unbranched alkanes of at least 4 members (excludes halogenated alkanes) is 1. The molecule has 2 heterocycles. The maximum Gasteiger partial charge on any atom is 0.222 e. The number of likely N-dealkylation sites (tertiary alicyclic amines) is 2. The fourth-order valence-electron chi connectivity index (χ4n) is 3.99. The number of ether oxygens (including phenoxy) is 1. The molecule has 0 atom stereocenters. The van der Waals surface area contributed by atoms with Gasteiger partial charge in [0.2, 0.25) is 5.91 Å². The number of nitrogens with zero attached hydrogens (tertiary/aromatic N) is 2. The molecule has 2 fully saturated rings. The normalized spacial score (nSPS) is 20.9.